The van der Waals surface area contributed by atoms with Gasteiger partial charge in [-0.2, -0.15) is 5.10 Å². The lowest BCUT2D eigenvalue weighted by molar-refractivity contribution is 0.0816. The van der Waals surface area contributed by atoms with Crippen molar-refractivity contribution in [1.29, 1.82) is 0 Å². The van der Waals surface area contributed by atoms with Gasteiger partial charge in [0, 0.05) is 25.2 Å². The molecule has 0 bridgehead atoms. The first-order valence-electron chi connectivity index (χ1n) is 8.62. The van der Waals surface area contributed by atoms with Crippen molar-refractivity contribution in [1.82, 2.24) is 20.4 Å². The molecule has 0 radical (unpaired) electrons. The van der Waals surface area contributed by atoms with Crippen molar-refractivity contribution >= 4 is 5.91 Å². The Labute approximate surface area is 146 Å². The van der Waals surface area contributed by atoms with Crippen molar-refractivity contribution in [3.8, 4) is 11.3 Å². The van der Waals surface area contributed by atoms with Crippen LogP contribution in [0.2, 0.25) is 0 Å². The number of benzene rings is 1. The fraction of sp³-hybridized carbons (Fsp3) is 0.444. The lowest BCUT2D eigenvalue weighted by Gasteiger charge is -2.29. The molecule has 6 nitrogen and oxygen atoms in total. The van der Waals surface area contributed by atoms with Gasteiger partial charge in [-0.25, -0.2) is 4.39 Å². The monoisotopic (exact) mass is 346 g/mol. The molecule has 0 atom stereocenters. The predicted octanol–water partition coefficient (Wildman–Crippen LogP) is 1.79. The Morgan fingerprint density at radius 2 is 2.04 bits per heavy atom. The number of nitrogens with one attached hydrogen (secondary N) is 2. The van der Waals surface area contributed by atoms with E-state index >= 15 is 0 Å². The highest BCUT2D eigenvalue weighted by Gasteiger charge is 2.16. The van der Waals surface area contributed by atoms with Crippen LogP contribution in [0.1, 0.15) is 29.8 Å². The minimum Gasteiger partial charge on any atom is -0.393 e. The van der Waals surface area contributed by atoms with Gasteiger partial charge in [0.2, 0.25) is 0 Å². The number of carbonyl (C=O) groups excluding carboxylic acids is 1. The molecule has 1 saturated heterocycles. The van der Waals surface area contributed by atoms with Crippen LogP contribution in [0.15, 0.2) is 30.3 Å². The Hall–Kier alpha value is -2.25. The summed E-state index contributed by atoms with van der Waals surface area (Å²) in [5.41, 5.74) is 1.75. The van der Waals surface area contributed by atoms with Gasteiger partial charge in [-0.1, -0.05) is 0 Å². The van der Waals surface area contributed by atoms with Crippen molar-refractivity contribution in [3.05, 3.63) is 41.8 Å². The van der Waals surface area contributed by atoms with Crippen molar-refractivity contribution in [2.45, 2.75) is 25.4 Å². The molecule has 0 saturated carbocycles. The SMILES string of the molecule is O=C(NCCCN1CCC(O)CC1)c1cc(-c2ccc(F)cc2)n[nH]1. The fourth-order valence-electron chi connectivity index (χ4n) is 2.95. The number of H-pyrrole nitrogens is 1. The third-order valence-corrected chi connectivity index (χ3v) is 4.46. The molecule has 7 heteroatoms. The highest BCUT2D eigenvalue weighted by atomic mass is 19.1. The number of hydrogen-bond acceptors (Lipinski definition) is 4. The van der Waals surface area contributed by atoms with Crippen LogP contribution in [-0.4, -0.2) is 58.4 Å². The summed E-state index contributed by atoms with van der Waals surface area (Å²) in [6.07, 6.45) is 2.35. The largest absolute Gasteiger partial charge is 0.393 e. The number of aromatic amines is 1. The topological polar surface area (TPSA) is 81.2 Å². The maximum absolute atomic E-state index is 13.0. The molecule has 3 rings (SSSR count). The molecule has 3 N–H and O–H groups in total. The number of piperidine rings is 1. The molecule has 0 unspecified atom stereocenters. The number of rotatable bonds is 6. The Morgan fingerprint density at radius 3 is 2.76 bits per heavy atom. The van der Waals surface area contributed by atoms with E-state index in [0.29, 0.717) is 17.9 Å². The van der Waals surface area contributed by atoms with Crippen LogP contribution in [0.25, 0.3) is 11.3 Å². The van der Waals surface area contributed by atoms with E-state index in [1.165, 1.54) is 12.1 Å². The second kappa shape index (κ2) is 8.22. The van der Waals surface area contributed by atoms with Crippen LogP contribution in [0, 0.1) is 5.82 Å². The van der Waals surface area contributed by atoms with E-state index in [-0.39, 0.29) is 17.8 Å². The van der Waals surface area contributed by atoms with E-state index in [0.717, 1.165) is 44.5 Å². The molecule has 134 valence electrons. The highest BCUT2D eigenvalue weighted by molar-refractivity contribution is 5.93. The van der Waals surface area contributed by atoms with E-state index in [4.69, 9.17) is 0 Å². The minimum absolute atomic E-state index is 0.161. The molecule has 1 aromatic carbocycles. The molecule has 25 heavy (non-hydrogen) atoms. The quantitative estimate of drug-likeness (QED) is 0.697. The van der Waals surface area contributed by atoms with E-state index in [1.54, 1.807) is 18.2 Å². The zero-order chi connectivity index (χ0) is 17.6. The Balaban J connectivity index is 1.43. The minimum atomic E-state index is -0.305. The number of aromatic nitrogens is 2. The van der Waals surface area contributed by atoms with Crippen molar-refractivity contribution in [2.24, 2.45) is 0 Å². The third kappa shape index (κ3) is 4.87. The van der Waals surface area contributed by atoms with E-state index < -0.39 is 0 Å². The van der Waals surface area contributed by atoms with Crippen LogP contribution in [0.3, 0.4) is 0 Å². The van der Waals surface area contributed by atoms with Crippen LogP contribution < -0.4 is 5.32 Å². The van der Waals surface area contributed by atoms with Gasteiger partial charge in [0.1, 0.15) is 11.5 Å². The highest BCUT2D eigenvalue weighted by Crippen LogP contribution is 2.18. The van der Waals surface area contributed by atoms with Crippen LogP contribution >= 0.6 is 0 Å². The van der Waals surface area contributed by atoms with Crippen molar-refractivity contribution in [2.75, 3.05) is 26.2 Å². The molecule has 0 aliphatic carbocycles. The molecule has 1 fully saturated rings. The summed E-state index contributed by atoms with van der Waals surface area (Å²) in [5.74, 6) is -0.504. The number of aliphatic hydroxyl groups excluding tert-OH is 1. The van der Waals surface area contributed by atoms with Crippen LogP contribution in [0.4, 0.5) is 4.39 Å². The molecule has 2 aromatic rings. The summed E-state index contributed by atoms with van der Waals surface area (Å²) in [4.78, 5) is 14.5. The smallest absolute Gasteiger partial charge is 0.269 e. The predicted molar refractivity (Wildman–Crippen MR) is 92.6 cm³/mol. The molecule has 1 aliphatic heterocycles. The third-order valence-electron chi connectivity index (χ3n) is 4.46. The second-order valence-electron chi connectivity index (χ2n) is 6.36. The summed E-state index contributed by atoms with van der Waals surface area (Å²) in [7, 11) is 0. The summed E-state index contributed by atoms with van der Waals surface area (Å²) in [5, 5.41) is 19.2. The second-order valence-corrected chi connectivity index (χ2v) is 6.36. The maximum Gasteiger partial charge on any atom is 0.269 e. The Bertz CT molecular complexity index is 693. The van der Waals surface area contributed by atoms with E-state index in [2.05, 4.69) is 20.4 Å². The normalized spacial score (nSPS) is 16.1. The van der Waals surface area contributed by atoms with Crippen LogP contribution in [-0.2, 0) is 0 Å². The van der Waals surface area contributed by atoms with Gasteiger partial charge in [0.05, 0.1) is 11.8 Å². The lowest BCUT2D eigenvalue weighted by atomic mass is 10.1. The molecule has 0 spiro atoms. The summed E-state index contributed by atoms with van der Waals surface area (Å²) < 4.78 is 13.0. The first-order chi connectivity index (χ1) is 12.1. The fourth-order valence-corrected chi connectivity index (χ4v) is 2.95. The molecule has 1 aliphatic rings. The Kier molecular flexibility index (Phi) is 5.78. The van der Waals surface area contributed by atoms with E-state index in [1.807, 2.05) is 0 Å². The average molecular weight is 346 g/mol. The lowest BCUT2D eigenvalue weighted by Crippen LogP contribution is -2.37. The van der Waals surface area contributed by atoms with Gasteiger partial charge in [-0.3, -0.25) is 9.89 Å². The van der Waals surface area contributed by atoms with Gasteiger partial charge < -0.3 is 15.3 Å². The first kappa shape index (κ1) is 17.6. The zero-order valence-electron chi connectivity index (χ0n) is 14.0. The van der Waals surface area contributed by atoms with Crippen molar-refractivity contribution < 1.29 is 14.3 Å². The molecular formula is C18H23FN4O2. The zero-order valence-corrected chi connectivity index (χ0v) is 14.0. The molecular weight excluding hydrogens is 323 g/mol. The number of carbonyl (C=O) groups is 1. The van der Waals surface area contributed by atoms with Gasteiger partial charge in [-0.05, 0) is 56.1 Å². The summed E-state index contributed by atoms with van der Waals surface area (Å²) >= 11 is 0. The van der Waals surface area contributed by atoms with E-state index in [9.17, 15) is 14.3 Å². The number of hydrogen-bond donors (Lipinski definition) is 3. The number of halogens is 1. The first-order valence-corrected chi connectivity index (χ1v) is 8.62. The Morgan fingerprint density at radius 1 is 1.32 bits per heavy atom. The maximum atomic E-state index is 13.0. The van der Waals surface area contributed by atoms with Gasteiger partial charge in [0.15, 0.2) is 0 Å². The van der Waals surface area contributed by atoms with Gasteiger partial charge in [0.25, 0.3) is 5.91 Å². The van der Waals surface area contributed by atoms with Gasteiger partial charge >= 0.3 is 0 Å². The molecule has 1 aromatic heterocycles. The van der Waals surface area contributed by atoms with Crippen molar-refractivity contribution in [3.63, 3.8) is 0 Å². The number of nitrogens with zero attached hydrogens (tertiary/aromatic N) is 2. The number of aliphatic hydroxyl groups is 1. The van der Waals surface area contributed by atoms with Crippen LogP contribution in [0.5, 0.6) is 0 Å². The summed E-state index contributed by atoms with van der Waals surface area (Å²) in [6.45, 7) is 3.33. The number of likely N-dealkylation sites (tertiary alicyclic amines) is 1. The van der Waals surface area contributed by atoms with Gasteiger partial charge in [-0.15, -0.1) is 0 Å². The average Bonchev–Trinajstić information content (AvgIpc) is 3.11. The standard InChI is InChI=1S/C18H23FN4O2/c19-14-4-2-13(3-5-14)16-12-17(22-21-16)18(25)20-8-1-9-23-10-6-15(24)7-11-23/h2-5,12,15,24H,1,6-11H2,(H,20,25)(H,21,22). The molecule has 1 amide bonds. The molecule has 2 heterocycles. The summed E-state index contributed by atoms with van der Waals surface area (Å²) in [6, 6.07) is 7.65. The number of amides is 1.